The molecule has 1 aliphatic heterocycles. The largest absolute Gasteiger partial charge is 0.394 e. The molecule has 6 heteroatoms. The molecular weight excluding hydrogens is 334 g/mol. The molecule has 1 atom stereocenters. The van der Waals surface area contributed by atoms with Gasteiger partial charge in [0.2, 0.25) is 0 Å². The Kier molecular flexibility index (Phi) is 4.65. The summed E-state index contributed by atoms with van der Waals surface area (Å²) in [6, 6.07) is 10.5. The zero-order valence-electron chi connectivity index (χ0n) is 14.2. The summed E-state index contributed by atoms with van der Waals surface area (Å²) in [7, 11) is 1.66. The summed E-state index contributed by atoms with van der Waals surface area (Å²) in [5.74, 6) is 1.61. The summed E-state index contributed by atoms with van der Waals surface area (Å²) in [6.45, 7) is 1.45. The normalized spacial score (nSPS) is 17.5. The second-order valence-corrected chi connectivity index (χ2v) is 7.12. The number of ether oxygens (including phenoxy) is 1. The van der Waals surface area contributed by atoms with E-state index in [1.165, 1.54) is 0 Å². The van der Waals surface area contributed by atoms with Crippen LogP contribution in [-0.4, -0.2) is 41.4 Å². The minimum absolute atomic E-state index is 0.122. The van der Waals surface area contributed by atoms with E-state index in [2.05, 4.69) is 27.4 Å². The van der Waals surface area contributed by atoms with E-state index in [9.17, 15) is 5.11 Å². The molecule has 0 spiro atoms. The molecule has 0 bridgehead atoms. The van der Waals surface area contributed by atoms with Crippen LogP contribution < -0.4 is 4.90 Å². The lowest BCUT2D eigenvalue weighted by molar-refractivity contribution is 0.178. The molecule has 25 heavy (non-hydrogen) atoms. The van der Waals surface area contributed by atoms with E-state index in [4.69, 9.17) is 9.72 Å². The number of aliphatic hydroxyl groups is 1. The number of thiophene rings is 1. The van der Waals surface area contributed by atoms with Gasteiger partial charge < -0.3 is 14.7 Å². The summed E-state index contributed by atoms with van der Waals surface area (Å²) in [6.07, 6.45) is 2.06. The molecule has 130 valence electrons. The Hall–Kier alpha value is -2.02. The number of anilines is 1. The number of rotatable bonds is 5. The Morgan fingerprint density at radius 1 is 1.28 bits per heavy atom. The number of fused-ring (bicyclic) bond motifs is 1. The zero-order valence-corrected chi connectivity index (χ0v) is 15.0. The van der Waals surface area contributed by atoms with Gasteiger partial charge in [0, 0.05) is 24.6 Å². The Morgan fingerprint density at radius 3 is 2.88 bits per heavy atom. The van der Waals surface area contributed by atoms with Crippen LogP contribution in [0.4, 0.5) is 5.82 Å². The quantitative estimate of drug-likeness (QED) is 0.759. The van der Waals surface area contributed by atoms with Crippen molar-refractivity contribution in [3.8, 4) is 11.1 Å². The van der Waals surface area contributed by atoms with Gasteiger partial charge >= 0.3 is 0 Å². The monoisotopic (exact) mass is 355 g/mol. The van der Waals surface area contributed by atoms with Crippen molar-refractivity contribution >= 4 is 27.4 Å². The van der Waals surface area contributed by atoms with Crippen molar-refractivity contribution in [3.05, 3.63) is 41.5 Å². The molecule has 0 amide bonds. The van der Waals surface area contributed by atoms with E-state index in [-0.39, 0.29) is 12.6 Å². The Balaban J connectivity index is 1.92. The highest BCUT2D eigenvalue weighted by molar-refractivity contribution is 7.17. The van der Waals surface area contributed by atoms with Crippen molar-refractivity contribution in [1.29, 1.82) is 0 Å². The van der Waals surface area contributed by atoms with Gasteiger partial charge in [0.1, 0.15) is 17.3 Å². The molecule has 0 unspecified atom stereocenters. The smallest absolute Gasteiger partial charge is 0.158 e. The van der Waals surface area contributed by atoms with Crippen molar-refractivity contribution in [3.63, 3.8) is 0 Å². The van der Waals surface area contributed by atoms with Gasteiger partial charge in [-0.2, -0.15) is 0 Å². The molecule has 1 fully saturated rings. The average molecular weight is 355 g/mol. The van der Waals surface area contributed by atoms with Gasteiger partial charge in [0.05, 0.1) is 18.0 Å². The summed E-state index contributed by atoms with van der Waals surface area (Å²) < 4.78 is 5.25. The third-order valence-electron chi connectivity index (χ3n) is 4.68. The summed E-state index contributed by atoms with van der Waals surface area (Å²) in [4.78, 5) is 12.7. The van der Waals surface area contributed by atoms with E-state index in [1.807, 2.05) is 18.2 Å². The van der Waals surface area contributed by atoms with Crippen molar-refractivity contribution in [2.24, 2.45) is 0 Å². The van der Waals surface area contributed by atoms with Crippen LogP contribution in [0, 0.1) is 0 Å². The SMILES string of the molecule is COCc1nc(N2CCC[C@@H]2CO)c2c(-c3ccccc3)csc2n1. The van der Waals surface area contributed by atoms with E-state index < -0.39 is 0 Å². The molecule has 1 N–H and O–H groups in total. The zero-order chi connectivity index (χ0) is 17.2. The molecule has 0 radical (unpaired) electrons. The molecule has 5 nitrogen and oxygen atoms in total. The van der Waals surface area contributed by atoms with Crippen molar-refractivity contribution in [2.75, 3.05) is 25.2 Å². The summed E-state index contributed by atoms with van der Waals surface area (Å²) in [5, 5.41) is 13.0. The minimum atomic E-state index is 0.122. The Morgan fingerprint density at radius 2 is 2.12 bits per heavy atom. The van der Waals surface area contributed by atoms with E-state index in [0.29, 0.717) is 12.4 Å². The van der Waals surface area contributed by atoms with Crippen molar-refractivity contribution < 1.29 is 9.84 Å². The van der Waals surface area contributed by atoms with Crippen molar-refractivity contribution in [1.82, 2.24) is 9.97 Å². The van der Waals surface area contributed by atoms with Crippen LogP contribution in [0.15, 0.2) is 35.7 Å². The maximum atomic E-state index is 9.77. The molecule has 0 aliphatic carbocycles. The third kappa shape index (κ3) is 3.01. The van der Waals surface area contributed by atoms with Gasteiger partial charge in [-0.15, -0.1) is 11.3 Å². The fraction of sp³-hybridized carbons (Fsp3) is 0.368. The molecule has 4 rings (SSSR count). The number of benzene rings is 1. The first-order chi connectivity index (χ1) is 12.3. The molecular formula is C19H21N3O2S. The lowest BCUT2D eigenvalue weighted by Gasteiger charge is -2.25. The van der Waals surface area contributed by atoms with Gasteiger partial charge in [-0.1, -0.05) is 30.3 Å². The van der Waals surface area contributed by atoms with E-state index in [1.54, 1.807) is 18.4 Å². The van der Waals surface area contributed by atoms with E-state index >= 15 is 0 Å². The fourth-order valence-electron chi connectivity index (χ4n) is 3.50. The molecule has 1 saturated heterocycles. The van der Waals surface area contributed by atoms with Gasteiger partial charge in [-0.3, -0.25) is 0 Å². The number of hydrogen-bond donors (Lipinski definition) is 1. The highest BCUT2D eigenvalue weighted by Gasteiger charge is 2.28. The average Bonchev–Trinajstić information content (AvgIpc) is 3.29. The van der Waals surface area contributed by atoms with Crippen LogP contribution in [0.2, 0.25) is 0 Å². The first-order valence-corrected chi connectivity index (χ1v) is 9.39. The second-order valence-electron chi connectivity index (χ2n) is 6.26. The van der Waals surface area contributed by atoms with Gasteiger partial charge in [0.15, 0.2) is 5.82 Å². The molecule has 1 aromatic carbocycles. The van der Waals surface area contributed by atoms with Gasteiger partial charge in [0.25, 0.3) is 0 Å². The van der Waals surface area contributed by atoms with E-state index in [0.717, 1.165) is 46.5 Å². The maximum Gasteiger partial charge on any atom is 0.158 e. The van der Waals surface area contributed by atoms with Gasteiger partial charge in [-0.05, 0) is 18.4 Å². The molecule has 0 saturated carbocycles. The number of aliphatic hydroxyl groups excluding tert-OH is 1. The predicted molar refractivity (Wildman–Crippen MR) is 101 cm³/mol. The lowest BCUT2D eigenvalue weighted by Crippen LogP contribution is -2.33. The molecule has 3 aromatic rings. The van der Waals surface area contributed by atoms with Gasteiger partial charge in [-0.25, -0.2) is 9.97 Å². The van der Waals surface area contributed by atoms with Crippen LogP contribution in [0.25, 0.3) is 21.3 Å². The third-order valence-corrected chi connectivity index (χ3v) is 5.55. The summed E-state index contributed by atoms with van der Waals surface area (Å²) in [5.41, 5.74) is 2.32. The Labute approximate surface area is 150 Å². The highest BCUT2D eigenvalue weighted by atomic mass is 32.1. The molecule has 2 aromatic heterocycles. The number of methoxy groups -OCH3 is 1. The fourth-order valence-corrected chi connectivity index (χ4v) is 4.46. The Bertz CT molecular complexity index is 866. The van der Waals surface area contributed by atoms with Crippen LogP contribution in [0.3, 0.4) is 0 Å². The van der Waals surface area contributed by atoms with Crippen LogP contribution >= 0.6 is 11.3 Å². The van der Waals surface area contributed by atoms with Crippen LogP contribution in [-0.2, 0) is 11.3 Å². The number of aromatic nitrogens is 2. The first kappa shape index (κ1) is 16.4. The highest BCUT2D eigenvalue weighted by Crippen LogP contribution is 2.40. The van der Waals surface area contributed by atoms with Crippen LogP contribution in [0.5, 0.6) is 0 Å². The second kappa shape index (κ2) is 7.07. The van der Waals surface area contributed by atoms with Crippen LogP contribution in [0.1, 0.15) is 18.7 Å². The summed E-state index contributed by atoms with van der Waals surface area (Å²) >= 11 is 1.63. The predicted octanol–water partition coefficient (Wildman–Crippen LogP) is 3.47. The first-order valence-electron chi connectivity index (χ1n) is 8.51. The number of hydrogen-bond acceptors (Lipinski definition) is 6. The maximum absolute atomic E-state index is 9.77. The number of nitrogens with zero attached hydrogens (tertiary/aromatic N) is 3. The van der Waals surface area contributed by atoms with Crippen molar-refractivity contribution in [2.45, 2.75) is 25.5 Å². The minimum Gasteiger partial charge on any atom is -0.394 e. The lowest BCUT2D eigenvalue weighted by atomic mass is 10.1. The molecule has 1 aliphatic rings. The topological polar surface area (TPSA) is 58.5 Å². The standard InChI is InChI=1S/C19H21N3O2S/c1-24-11-16-20-18(22-9-5-8-14(22)10-23)17-15(12-25-19(17)21-16)13-6-3-2-4-7-13/h2-4,6-7,12,14,23H,5,8-11H2,1H3/t14-/m1/s1. The molecule has 3 heterocycles.